The second-order valence-corrected chi connectivity index (χ2v) is 10.4. The number of benzene rings is 1. The molecule has 2 fully saturated rings. The maximum atomic E-state index is 5.87. The molecule has 2 aliphatic carbocycles. The molecule has 3 nitrogen and oxygen atoms in total. The van der Waals surface area contributed by atoms with Gasteiger partial charge >= 0.3 is 0 Å². The Morgan fingerprint density at radius 3 is 2.55 bits per heavy atom. The van der Waals surface area contributed by atoms with Crippen LogP contribution in [0.2, 0.25) is 0 Å². The zero-order valence-corrected chi connectivity index (χ0v) is 20.2. The van der Waals surface area contributed by atoms with Crippen LogP contribution in [0.1, 0.15) is 83.3 Å². The third-order valence-electron chi connectivity index (χ3n) is 7.34. The van der Waals surface area contributed by atoms with Crippen molar-refractivity contribution in [3.8, 4) is 0 Å². The molecule has 2 aliphatic rings. The molecule has 0 aromatic heterocycles. The van der Waals surface area contributed by atoms with E-state index in [-0.39, 0.29) is 0 Å². The standard InChI is InChI=1S/C20H30N2S.C5H13N/c1-14-7-6-12-20(11-5-4-8-17(14)20)18-10-9-16(13-15(18)2)23-19(21)22-3;1-3-5(2)4-6/h9-10,13-14,17H,4-8,11-12H2,1-3H3,(H2,21,22);5H,3-4,6H2,1-2H3. The van der Waals surface area contributed by atoms with E-state index in [2.05, 4.69) is 50.9 Å². The number of nitrogens with two attached hydrogens (primary N) is 2. The van der Waals surface area contributed by atoms with Gasteiger partial charge < -0.3 is 11.5 Å². The van der Waals surface area contributed by atoms with Crippen molar-refractivity contribution in [1.82, 2.24) is 0 Å². The van der Waals surface area contributed by atoms with E-state index >= 15 is 0 Å². The van der Waals surface area contributed by atoms with E-state index < -0.39 is 0 Å². The fraction of sp³-hybridized carbons (Fsp3) is 0.720. The summed E-state index contributed by atoms with van der Waals surface area (Å²) in [5.74, 6) is 2.47. The topological polar surface area (TPSA) is 64.4 Å². The molecule has 0 aliphatic heterocycles. The molecular weight excluding hydrogens is 374 g/mol. The number of rotatable bonds is 4. The van der Waals surface area contributed by atoms with Gasteiger partial charge in [-0.2, -0.15) is 0 Å². The molecule has 29 heavy (non-hydrogen) atoms. The molecule has 0 saturated heterocycles. The summed E-state index contributed by atoms with van der Waals surface area (Å²) in [4.78, 5) is 5.27. The zero-order valence-electron chi connectivity index (χ0n) is 19.3. The Morgan fingerprint density at radius 2 is 1.97 bits per heavy atom. The van der Waals surface area contributed by atoms with Crippen LogP contribution >= 0.6 is 11.8 Å². The predicted molar refractivity (Wildman–Crippen MR) is 130 cm³/mol. The average molecular weight is 418 g/mol. The fourth-order valence-electron chi connectivity index (χ4n) is 5.41. The Bertz CT molecular complexity index is 664. The summed E-state index contributed by atoms with van der Waals surface area (Å²) in [6.45, 7) is 9.91. The van der Waals surface area contributed by atoms with Crippen LogP contribution in [0.15, 0.2) is 28.1 Å². The maximum absolute atomic E-state index is 5.87. The summed E-state index contributed by atoms with van der Waals surface area (Å²) < 4.78 is 0. The Balaban J connectivity index is 0.000000438. The van der Waals surface area contributed by atoms with Crippen LogP contribution in [0, 0.1) is 24.7 Å². The van der Waals surface area contributed by atoms with Crippen LogP contribution in [0.5, 0.6) is 0 Å². The van der Waals surface area contributed by atoms with E-state index in [1.807, 2.05) is 0 Å². The lowest BCUT2D eigenvalue weighted by Gasteiger charge is -2.51. The van der Waals surface area contributed by atoms with Crippen molar-refractivity contribution in [1.29, 1.82) is 0 Å². The lowest BCUT2D eigenvalue weighted by Crippen LogP contribution is -2.44. The molecule has 1 aromatic rings. The molecule has 1 aromatic carbocycles. The Morgan fingerprint density at radius 1 is 1.24 bits per heavy atom. The minimum absolute atomic E-state index is 0.438. The first-order chi connectivity index (χ1) is 13.9. The molecule has 2 saturated carbocycles. The monoisotopic (exact) mass is 417 g/mol. The Kier molecular flexibility index (Phi) is 9.55. The normalized spacial score (nSPS) is 28.1. The van der Waals surface area contributed by atoms with E-state index in [1.54, 1.807) is 24.4 Å². The molecule has 164 valence electrons. The summed E-state index contributed by atoms with van der Waals surface area (Å²) in [6, 6.07) is 6.97. The molecule has 4 unspecified atom stereocenters. The van der Waals surface area contributed by atoms with Crippen molar-refractivity contribution in [2.45, 2.75) is 89.4 Å². The van der Waals surface area contributed by atoms with Crippen LogP contribution < -0.4 is 11.5 Å². The van der Waals surface area contributed by atoms with Gasteiger partial charge in [0.05, 0.1) is 0 Å². The summed E-state index contributed by atoms with van der Waals surface area (Å²) in [6.07, 6.45) is 11.0. The molecule has 0 radical (unpaired) electrons. The molecule has 0 heterocycles. The van der Waals surface area contributed by atoms with Crippen molar-refractivity contribution in [2.75, 3.05) is 13.6 Å². The smallest absolute Gasteiger partial charge is 0.158 e. The second kappa shape index (κ2) is 11.4. The van der Waals surface area contributed by atoms with E-state index in [0.29, 0.717) is 16.5 Å². The van der Waals surface area contributed by atoms with Crippen molar-refractivity contribution < 1.29 is 0 Å². The number of aliphatic imine (C=N–C) groups is 1. The summed E-state index contributed by atoms with van der Waals surface area (Å²) in [5.41, 5.74) is 14.7. The van der Waals surface area contributed by atoms with Crippen LogP contribution in [-0.2, 0) is 5.41 Å². The Labute approximate surface area is 183 Å². The molecular formula is C25H43N3S. The highest BCUT2D eigenvalue weighted by molar-refractivity contribution is 8.13. The number of amidine groups is 1. The van der Waals surface area contributed by atoms with E-state index in [1.165, 1.54) is 61.8 Å². The quantitative estimate of drug-likeness (QED) is 0.345. The molecule has 0 spiro atoms. The van der Waals surface area contributed by atoms with Gasteiger partial charge in [-0.15, -0.1) is 0 Å². The van der Waals surface area contributed by atoms with Gasteiger partial charge in [-0.3, -0.25) is 4.99 Å². The molecule has 4 heteroatoms. The van der Waals surface area contributed by atoms with E-state index in [4.69, 9.17) is 11.5 Å². The van der Waals surface area contributed by atoms with Crippen LogP contribution in [0.4, 0.5) is 0 Å². The minimum atomic E-state index is 0.438. The summed E-state index contributed by atoms with van der Waals surface area (Å²) in [7, 11) is 1.75. The van der Waals surface area contributed by atoms with Gasteiger partial charge in [0.2, 0.25) is 0 Å². The number of hydrogen-bond acceptors (Lipinski definition) is 3. The van der Waals surface area contributed by atoms with Gasteiger partial charge in [0.15, 0.2) is 5.17 Å². The number of thioether (sulfide) groups is 1. The van der Waals surface area contributed by atoms with Gasteiger partial charge in [0, 0.05) is 11.9 Å². The molecule has 3 rings (SSSR count). The highest BCUT2D eigenvalue weighted by Crippen LogP contribution is 2.54. The number of fused-ring (bicyclic) bond motifs is 1. The third-order valence-corrected chi connectivity index (χ3v) is 8.22. The van der Waals surface area contributed by atoms with Crippen LogP contribution in [0.25, 0.3) is 0 Å². The predicted octanol–water partition coefficient (Wildman–Crippen LogP) is 6.27. The SMILES string of the molecule is CCC(C)CN.CN=C(N)Sc1ccc(C23CCCCC2C(C)CCC3)c(C)c1. The van der Waals surface area contributed by atoms with E-state index in [9.17, 15) is 0 Å². The lowest BCUT2D eigenvalue weighted by molar-refractivity contribution is 0.0747. The second-order valence-electron chi connectivity index (χ2n) is 9.27. The van der Waals surface area contributed by atoms with Gasteiger partial charge in [-0.1, -0.05) is 70.7 Å². The first-order valence-corrected chi connectivity index (χ1v) is 12.4. The number of nitrogens with zero attached hydrogens (tertiary/aromatic N) is 1. The molecule has 4 N–H and O–H groups in total. The van der Waals surface area contributed by atoms with E-state index in [0.717, 1.165) is 18.4 Å². The highest BCUT2D eigenvalue weighted by atomic mass is 32.2. The van der Waals surface area contributed by atoms with Crippen molar-refractivity contribution >= 4 is 16.9 Å². The largest absolute Gasteiger partial charge is 0.378 e. The van der Waals surface area contributed by atoms with Gasteiger partial charge in [0.1, 0.15) is 0 Å². The number of hydrogen-bond donors (Lipinski definition) is 2. The van der Waals surface area contributed by atoms with Crippen molar-refractivity contribution in [3.63, 3.8) is 0 Å². The van der Waals surface area contributed by atoms with Gasteiger partial charge in [0.25, 0.3) is 0 Å². The first-order valence-electron chi connectivity index (χ1n) is 11.6. The maximum Gasteiger partial charge on any atom is 0.158 e. The van der Waals surface area contributed by atoms with Gasteiger partial charge in [-0.05, 0) is 79.2 Å². The van der Waals surface area contributed by atoms with Gasteiger partial charge in [-0.25, -0.2) is 0 Å². The average Bonchev–Trinajstić information content (AvgIpc) is 2.73. The molecule has 0 amide bonds. The number of aryl methyl sites for hydroxylation is 1. The van der Waals surface area contributed by atoms with Crippen molar-refractivity contribution in [3.05, 3.63) is 29.3 Å². The lowest BCUT2D eigenvalue weighted by atomic mass is 9.53. The van der Waals surface area contributed by atoms with Crippen LogP contribution in [0.3, 0.4) is 0 Å². The highest BCUT2D eigenvalue weighted by Gasteiger charge is 2.46. The fourth-order valence-corrected chi connectivity index (χ4v) is 6.11. The minimum Gasteiger partial charge on any atom is -0.378 e. The summed E-state index contributed by atoms with van der Waals surface area (Å²) in [5, 5.41) is 0.636. The first kappa shape index (κ1) is 24.3. The van der Waals surface area contributed by atoms with Crippen LogP contribution in [-0.4, -0.2) is 18.8 Å². The summed E-state index contributed by atoms with van der Waals surface area (Å²) >= 11 is 1.57. The molecule has 0 bridgehead atoms. The van der Waals surface area contributed by atoms with Crippen molar-refractivity contribution in [2.24, 2.45) is 34.2 Å². The third kappa shape index (κ3) is 6.01. The Hall–Kier alpha value is -1.00. The zero-order chi connectivity index (χ0) is 21.4. The molecule has 4 atom stereocenters.